The molecular weight excluding hydrogens is 268 g/mol. The van der Waals surface area contributed by atoms with E-state index < -0.39 is 16.1 Å². The minimum absolute atomic E-state index is 0.205. The molecule has 19 heavy (non-hydrogen) atoms. The van der Waals surface area contributed by atoms with Crippen molar-refractivity contribution in [3.63, 3.8) is 0 Å². The van der Waals surface area contributed by atoms with Gasteiger partial charge >= 0.3 is 0 Å². The first-order valence-corrected chi connectivity index (χ1v) is 7.50. The number of aromatic nitrogens is 2. The van der Waals surface area contributed by atoms with Crippen molar-refractivity contribution in [2.75, 3.05) is 13.1 Å². The summed E-state index contributed by atoms with van der Waals surface area (Å²) in [6.07, 6.45) is 0. The van der Waals surface area contributed by atoms with E-state index in [2.05, 4.69) is 10.4 Å². The monoisotopic (exact) mass is 286 g/mol. The molecule has 0 bridgehead atoms. The lowest BCUT2D eigenvalue weighted by atomic mass is 10.2. The Morgan fingerprint density at radius 3 is 2.53 bits per heavy atom. The third-order valence-electron chi connectivity index (χ3n) is 3.45. The van der Waals surface area contributed by atoms with E-state index in [1.165, 1.54) is 8.99 Å². The summed E-state index contributed by atoms with van der Waals surface area (Å²) in [4.78, 5) is 11.8. The van der Waals surface area contributed by atoms with Crippen LogP contribution in [0.3, 0.4) is 0 Å². The molecule has 1 aromatic rings. The molecule has 1 saturated heterocycles. The number of rotatable bonds is 2. The van der Waals surface area contributed by atoms with Gasteiger partial charge in [0.15, 0.2) is 0 Å². The number of carbonyl (C=O) groups is 1. The van der Waals surface area contributed by atoms with Gasteiger partial charge in [-0.2, -0.15) is 9.40 Å². The Bertz CT molecular complexity index is 620. The Balaban J connectivity index is 2.50. The van der Waals surface area contributed by atoms with Gasteiger partial charge in [-0.25, -0.2) is 8.42 Å². The van der Waals surface area contributed by atoms with E-state index in [4.69, 9.17) is 0 Å². The van der Waals surface area contributed by atoms with Crippen molar-refractivity contribution in [1.29, 1.82) is 0 Å². The SMILES string of the molecule is Cc1nn(C)c(C)c1S(=O)(=O)N1CCNC(=O)C1C. The first-order chi connectivity index (χ1) is 8.76. The molecule has 1 aromatic heterocycles. The predicted octanol–water partition coefficient (Wildman–Crippen LogP) is -0.454. The standard InChI is InChI=1S/C11H18N4O3S/c1-7-10(8(2)14(4)13-7)19(17,18)15-6-5-12-11(16)9(15)3/h9H,5-6H2,1-4H3,(H,12,16). The second-order valence-electron chi connectivity index (χ2n) is 4.71. The highest BCUT2D eigenvalue weighted by molar-refractivity contribution is 7.89. The summed E-state index contributed by atoms with van der Waals surface area (Å²) >= 11 is 0. The van der Waals surface area contributed by atoms with Crippen molar-refractivity contribution in [3.05, 3.63) is 11.4 Å². The van der Waals surface area contributed by atoms with E-state index in [1.807, 2.05) is 0 Å². The summed E-state index contributed by atoms with van der Waals surface area (Å²) in [5.41, 5.74) is 1.04. The maximum Gasteiger partial charge on any atom is 0.247 e. The highest BCUT2D eigenvalue weighted by Gasteiger charge is 2.38. The van der Waals surface area contributed by atoms with Gasteiger partial charge in [-0.1, -0.05) is 0 Å². The van der Waals surface area contributed by atoms with Crippen LogP contribution < -0.4 is 5.32 Å². The number of hydrogen-bond donors (Lipinski definition) is 1. The smallest absolute Gasteiger partial charge is 0.247 e. The molecule has 8 heteroatoms. The summed E-state index contributed by atoms with van der Waals surface area (Å²) in [6, 6.07) is -0.697. The maximum atomic E-state index is 12.7. The molecule has 1 aliphatic heterocycles. The average molecular weight is 286 g/mol. The molecule has 0 spiro atoms. The number of piperazine rings is 1. The zero-order chi connectivity index (χ0) is 14.4. The third kappa shape index (κ3) is 2.14. The number of carbonyl (C=O) groups excluding carboxylic acids is 1. The molecule has 1 fully saturated rings. The summed E-state index contributed by atoms with van der Waals surface area (Å²) in [7, 11) is -1.99. The zero-order valence-electron chi connectivity index (χ0n) is 11.5. The number of amides is 1. The van der Waals surface area contributed by atoms with Gasteiger partial charge in [0.2, 0.25) is 15.9 Å². The van der Waals surface area contributed by atoms with E-state index >= 15 is 0 Å². The number of sulfonamides is 1. The molecule has 2 heterocycles. The van der Waals surface area contributed by atoms with Crippen molar-refractivity contribution >= 4 is 15.9 Å². The Hall–Kier alpha value is -1.41. The van der Waals surface area contributed by atoms with Gasteiger partial charge in [0.05, 0.1) is 11.4 Å². The van der Waals surface area contributed by atoms with Crippen LogP contribution in [0.5, 0.6) is 0 Å². The van der Waals surface area contributed by atoms with Crippen LogP contribution in [0.2, 0.25) is 0 Å². The highest BCUT2D eigenvalue weighted by Crippen LogP contribution is 2.25. The maximum absolute atomic E-state index is 12.7. The minimum Gasteiger partial charge on any atom is -0.353 e. The molecule has 106 valence electrons. The summed E-state index contributed by atoms with van der Waals surface area (Å²) in [5, 5.41) is 6.78. The lowest BCUT2D eigenvalue weighted by Gasteiger charge is -2.31. The van der Waals surface area contributed by atoms with Crippen molar-refractivity contribution in [2.24, 2.45) is 7.05 Å². The number of hydrogen-bond acceptors (Lipinski definition) is 4. The Labute approximate surface area is 112 Å². The molecule has 7 nitrogen and oxygen atoms in total. The average Bonchev–Trinajstić information content (AvgIpc) is 2.57. The highest BCUT2D eigenvalue weighted by atomic mass is 32.2. The van der Waals surface area contributed by atoms with E-state index in [9.17, 15) is 13.2 Å². The summed E-state index contributed by atoms with van der Waals surface area (Å²) < 4.78 is 28.2. The van der Waals surface area contributed by atoms with Crippen molar-refractivity contribution < 1.29 is 13.2 Å². The molecule has 1 amide bonds. The van der Waals surface area contributed by atoms with Crippen molar-refractivity contribution in [3.8, 4) is 0 Å². The van der Waals surface area contributed by atoms with Crippen molar-refractivity contribution in [2.45, 2.75) is 31.7 Å². The molecule has 1 aliphatic rings. The third-order valence-corrected chi connectivity index (χ3v) is 5.68. The van der Waals surface area contributed by atoms with E-state index in [1.54, 1.807) is 27.8 Å². The quantitative estimate of drug-likeness (QED) is 0.798. The van der Waals surface area contributed by atoms with Crippen LogP contribution in [0.15, 0.2) is 4.90 Å². The number of nitrogens with zero attached hydrogens (tertiary/aromatic N) is 3. The molecule has 0 aliphatic carbocycles. The molecule has 0 aromatic carbocycles. The van der Waals surface area contributed by atoms with E-state index in [0.717, 1.165) is 0 Å². The lowest BCUT2D eigenvalue weighted by Crippen LogP contribution is -2.55. The van der Waals surface area contributed by atoms with Gasteiger partial charge in [0.25, 0.3) is 0 Å². The Morgan fingerprint density at radius 2 is 2.00 bits per heavy atom. The van der Waals surface area contributed by atoms with Gasteiger partial charge in [0.1, 0.15) is 10.9 Å². The van der Waals surface area contributed by atoms with Crippen LogP contribution in [0.1, 0.15) is 18.3 Å². The van der Waals surface area contributed by atoms with Gasteiger partial charge < -0.3 is 5.32 Å². The van der Waals surface area contributed by atoms with Gasteiger partial charge in [-0.05, 0) is 20.8 Å². The van der Waals surface area contributed by atoms with E-state index in [0.29, 0.717) is 17.9 Å². The largest absolute Gasteiger partial charge is 0.353 e. The fourth-order valence-electron chi connectivity index (χ4n) is 2.33. The lowest BCUT2D eigenvalue weighted by molar-refractivity contribution is -0.126. The van der Waals surface area contributed by atoms with Crippen LogP contribution in [-0.2, 0) is 21.9 Å². The zero-order valence-corrected chi connectivity index (χ0v) is 12.3. The first kappa shape index (κ1) is 14.0. The second-order valence-corrected chi connectivity index (χ2v) is 6.53. The first-order valence-electron chi connectivity index (χ1n) is 6.06. The number of aryl methyl sites for hydroxylation is 2. The molecular formula is C11H18N4O3S. The van der Waals surface area contributed by atoms with Crippen LogP contribution in [0.25, 0.3) is 0 Å². The van der Waals surface area contributed by atoms with E-state index in [-0.39, 0.29) is 17.3 Å². The minimum atomic E-state index is -3.70. The topological polar surface area (TPSA) is 84.3 Å². The van der Waals surface area contributed by atoms with Crippen LogP contribution in [0.4, 0.5) is 0 Å². The van der Waals surface area contributed by atoms with Gasteiger partial charge in [0, 0.05) is 20.1 Å². The van der Waals surface area contributed by atoms with Crippen molar-refractivity contribution in [1.82, 2.24) is 19.4 Å². The summed E-state index contributed by atoms with van der Waals surface area (Å²) in [6.45, 7) is 5.58. The van der Waals surface area contributed by atoms with Gasteiger partial charge in [-0.3, -0.25) is 9.48 Å². The van der Waals surface area contributed by atoms with Crippen LogP contribution >= 0.6 is 0 Å². The number of nitrogens with one attached hydrogen (secondary N) is 1. The van der Waals surface area contributed by atoms with Gasteiger partial charge in [-0.15, -0.1) is 0 Å². The molecule has 0 saturated carbocycles. The summed E-state index contributed by atoms with van der Waals surface area (Å²) in [5.74, 6) is -0.269. The second kappa shape index (κ2) is 4.61. The van der Waals surface area contributed by atoms with Crippen LogP contribution in [0, 0.1) is 13.8 Å². The van der Waals surface area contributed by atoms with Crippen LogP contribution in [-0.4, -0.2) is 47.5 Å². The fourth-order valence-corrected chi connectivity index (χ4v) is 4.33. The molecule has 2 rings (SSSR count). The molecule has 0 radical (unpaired) electrons. The fraction of sp³-hybridized carbons (Fsp3) is 0.636. The Kier molecular flexibility index (Phi) is 3.40. The molecule has 1 atom stereocenters. The Morgan fingerprint density at radius 1 is 1.37 bits per heavy atom. The predicted molar refractivity (Wildman–Crippen MR) is 69.0 cm³/mol. The normalized spacial score (nSPS) is 21.5. The molecule has 1 N–H and O–H groups in total. The molecule has 1 unspecified atom stereocenters.